The topological polar surface area (TPSA) is 157 Å². The molecule has 10 heteroatoms. The van der Waals surface area contributed by atoms with Crippen LogP contribution < -0.4 is 21.7 Å². The number of rotatable bonds is 8. The molecular formula is C30H36N6O4. The van der Waals surface area contributed by atoms with E-state index >= 15 is 0 Å². The number of likely N-dealkylation sites (tertiary alicyclic amines) is 1. The first-order valence-electron chi connectivity index (χ1n) is 13.6. The summed E-state index contributed by atoms with van der Waals surface area (Å²) in [6, 6.07) is 12.0. The average Bonchev–Trinajstić information content (AvgIpc) is 3.40. The number of benzene rings is 2. The molecule has 0 aromatic heterocycles. The summed E-state index contributed by atoms with van der Waals surface area (Å²) < 4.78 is 0. The van der Waals surface area contributed by atoms with Gasteiger partial charge in [0.1, 0.15) is 11.5 Å². The van der Waals surface area contributed by atoms with Gasteiger partial charge in [-0.1, -0.05) is 12.1 Å². The summed E-state index contributed by atoms with van der Waals surface area (Å²) >= 11 is 0. The fourth-order valence-corrected chi connectivity index (χ4v) is 6.10. The van der Waals surface area contributed by atoms with E-state index in [1.54, 1.807) is 55.4 Å². The summed E-state index contributed by atoms with van der Waals surface area (Å²) in [5.74, 6) is -1.18. The molecule has 5 N–H and O–H groups in total. The van der Waals surface area contributed by atoms with Crippen LogP contribution in [0.4, 0.5) is 0 Å². The van der Waals surface area contributed by atoms with Crippen LogP contribution in [0.3, 0.4) is 0 Å². The van der Waals surface area contributed by atoms with Crippen LogP contribution in [0.2, 0.25) is 0 Å². The van der Waals surface area contributed by atoms with Crippen LogP contribution in [-0.4, -0.2) is 67.8 Å². The molecule has 0 bridgehead atoms. The molecule has 4 rings (SSSR count). The molecule has 4 amide bonds. The number of nitrogens with one attached hydrogen (secondary N) is 3. The fraction of sp³-hybridized carbons (Fsp3) is 0.433. The Kier molecular flexibility index (Phi) is 8.55. The van der Waals surface area contributed by atoms with E-state index in [9.17, 15) is 24.4 Å². The molecular weight excluding hydrogens is 508 g/mol. The number of nitrogens with two attached hydrogens (primary N) is 1. The molecule has 0 spiro atoms. The lowest BCUT2D eigenvalue weighted by Crippen LogP contribution is -2.49. The van der Waals surface area contributed by atoms with Crippen molar-refractivity contribution in [2.75, 3.05) is 27.2 Å². The predicted molar refractivity (Wildman–Crippen MR) is 149 cm³/mol. The summed E-state index contributed by atoms with van der Waals surface area (Å²) in [5.41, 5.74) is 9.01. The molecule has 1 fully saturated rings. The van der Waals surface area contributed by atoms with Crippen molar-refractivity contribution in [2.45, 2.75) is 56.5 Å². The molecule has 1 aliphatic heterocycles. The molecule has 2 atom stereocenters. The number of hydrogen-bond acceptors (Lipinski definition) is 6. The third-order valence-corrected chi connectivity index (χ3v) is 8.13. The minimum absolute atomic E-state index is 0.0269. The van der Waals surface area contributed by atoms with Crippen LogP contribution in [0.15, 0.2) is 36.4 Å². The number of carbonyl (C=O) groups excluding carboxylic acids is 4. The second-order valence-corrected chi connectivity index (χ2v) is 10.5. The van der Waals surface area contributed by atoms with Crippen molar-refractivity contribution in [1.82, 2.24) is 20.9 Å². The normalized spacial score (nSPS) is 17.9. The monoisotopic (exact) mass is 544 g/mol. The Hall–Kier alpha value is -4.23. The minimum atomic E-state index is -1.28. The van der Waals surface area contributed by atoms with Crippen LogP contribution in [-0.2, 0) is 27.8 Å². The zero-order chi connectivity index (χ0) is 29.0. The summed E-state index contributed by atoms with van der Waals surface area (Å²) in [5, 5.41) is 17.9. The van der Waals surface area contributed by atoms with Crippen molar-refractivity contribution in [1.29, 1.82) is 5.26 Å². The smallest absolute Gasteiger partial charge is 0.251 e. The van der Waals surface area contributed by atoms with Gasteiger partial charge in [-0.3, -0.25) is 19.2 Å². The molecule has 40 heavy (non-hydrogen) atoms. The Balaban J connectivity index is 1.75. The minimum Gasteiger partial charge on any atom is -0.369 e. The molecule has 0 radical (unpaired) electrons. The molecule has 2 aliphatic rings. The maximum Gasteiger partial charge on any atom is 0.251 e. The zero-order valence-electron chi connectivity index (χ0n) is 23.2. The van der Waals surface area contributed by atoms with Crippen LogP contribution in [0.5, 0.6) is 0 Å². The van der Waals surface area contributed by atoms with Crippen molar-refractivity contribution in [3.05, 3.63) is 69.8 Å². The summed E-state index contributed by atoms with van der Waals surface area (Å²) in [4.78, 5) is 52.9. The van der Waals surface area contributed by atoms with Gasteiger partial charge in [0.05, 0.1) is 12.6 Å². The third-order valence-electron chi connectivity index (χ3n) is 8.13. The number of hydrogen-bond donors (Lipinski definition) is 4. The first kappa shape index (κ1) is 28.8. The maximum atomic E-state index is 13.6. The lowest BCUT2D eigenvalue weighted by Gasteiger charge is -2.36. The van der Waals surface area contributed by atoms with Gasteiger partial charge in [0.2, 0.25) is 11.8 Å². The Morgan fingerprint density at radius 1 is 1.02 bits per heavy atom. The average molecular weight is 545 g/mol. The quantitative estimate of drug-likeness (QED) is 0.391. The van der Waals surface area contributed by atoms with Crippen molar-refractivity contribution in [3.63, 3.8) is 0 Å². The largest absolute Gasteiger partial charge is 0.369 e. The fourth-order valence-electron chi connectivity index (χ4n) is 6.10. The van der Waals surface area contributed by atoms with E-state index in [-0.39, 0.29) is 36.7 Å². The number of aryl methyl sites for hydroxylation is 2. The number of nitrogens with zero attached hydrogens (tertiary/aromatic N) is 2. The van der Waals surface area contributed by atoms with Gasteiger partial charge in [0.25, 0.3) is 11.8 Å². The molecule has 10 nitrogen and oxygen atoms in total. The lowest BCUT2D eigenvalue weighted by molar-refractivity contribution is -0.130. The van der Waals surface area contributed by atoms with Crippen molar-refractivity contribution >= 4 is 23.6 Å². The molecule has 1 saturated heterocycles. The Morgan fingerprint density at radius 2 is 1.57 bits per heavy atom. The summed E-state index contributed by atoms with van der Waals surface area (Å²) in [6.45, 7) is 2.48. The van der Waals surface area contributed by atoms with Gasteiger partial charge in [0, 0.05) is 37.8 Å². The predicted octanol–water partition coefficient (Wildman–Crippen LogP) is 1.16. The van der Waals surface area contributed by atoms with E-state index in [0.717, 1.165) is 17.5 Å². The molecule has 210 valence electrons. The van der Waals surface area contributed by atoms with Gasteiger partial charge in [-0.2, -0.15) is 5.26 Å². The van der Waals surface area contributed by atoms with E-state index in [1.807, 2.05) is 6.92 Å². The van der Waals surface area contributed by atoms with Crippen molar-refractivity contribution < 1.29 is 19.2 Å². The van der Waals surface area contributed by atoms with Gasteiger partial charge in [-0.15, -0.1) is 0 Å². The highest BCUT2D eigenvalue weighted by Crippen LogP contribution is 2.43. The van der Waals surface area contributed by atoms with Crippen LogP contribution in [0, 0.1) is 11.3 Å². The number of primary amides is 1. The SMILES string of the molecule is CNC(=O)c1ccc2c(c1)CCc1cc(C(=O)NC)ccc1C2(C[C@H](C)NCC(=O)N1CCCC1C#N)C(N)=O. The van der Waals surface area contributed by atoms with E-state index in [1.165, 1.54) is 0 Å². The Bertz CT molecular complexity index is 1310. The van der Waals surface area contributed by atoms with E-state index in [0.29, 0.717) is 48.1 Å². The van der Waals surface area contributed by atoms with Crippen molar-refractivity contribution in [2.24, 2.45) is 5.73 Å². The number of carbonyl (C=O) groups is 4. The van der Waals surface area contributed by atoms with Crippen molar-refractivity contribution in [3.8, 4) is 6.07 Å². The molecule has 1 heterocycles. The van der Waals surface area contributed by atoms with Gasteiger partial charge < -0.3 is 26.6 Å². The first-order chi connectivity index (χ1) is 19.2. The third kappa shape index (κ3) is 5.29. The van der Waals surface area contributed by atoms with Gasteiger partial charge in [-0.05, 0) is 85.5 Å². The molecule has 1 aliphatic carbocycles. The van der Waals surface area contributed by atoms with Crippen LogP contribution in [0.1, 0.15) is 69.2 Å². The molecule has 1 unspecified atom stereocenters. The standard InChI is InChI=1S/C30H36N6O4/c1-18(35-17-26(37)36-12-4-5-23(36)16-31)15-30(29(32)40)24-10-8-21(27(38)33-2)13-19(24)6-7-20-14-22(28(39)34-3)9-11-25(20)30/h8-11,13-14,18,23,35H,4-7,12,15,17H2,1-3H3,(H2,32,40)(H,33,38)(H,34,39)/t18-,23?/m0/s1. The molecule has 2 aromatic rings. The van der Waals surface area contributed by atoms with E-state index in [2.05, 4.69) is 22.0 Å². The number of fused-ring (bicyclic) bond motifs is 2. The highest BCUT2D eigenvalue weighted by Gasteiger charge is 2.46. The Labute approximate surface area is 234 Å². The maximum absolute atomic E-state index is 13.6. The van der Waals surface area contributed by atoms with Gasteiger partial charge in [0.15, 0.2) is 0 Å². The molecule has 2 aromatic carbocycles. The van der Waals surface area contributed by atoms with Crippen LogP contribution >= 0.6 is 0 Å². The summed E-state index contributed by atoms with van der Waals surface area (Å²) in [7, 11) is 3.13. The van der Waals surface area contributed by atoms with Gasteiger partial charge >= 0.3 is 0 Å². The second kappa shape index (κ2) is 11.9. The van der Waals surface area contributed by atoms with E-state index < -0.39 is 17.4 Å². The Morgan fingerprint density at radius 3 is 2.05 bits per heavy atom. The van der Waals surface area contributed by atoms with Crippen LogP contribution in [0.25, 0.3) is 0 Å². The number of amides is 4. The van der Waals surface area contributed by atoms with E-state index in [4.69, 9.17) is 5.73 Å². The lowest BCUT2D eigenvalue weighted by atomic mass is 9.68. The van der Waals surface area contributed by atoms with Gasteiger partial charge in [-0.25, -0.2) is 0 Å². The molecule has 0 saturated carbocycles. The highest BCUT2D eigenvalue weighted by molar-refractivity contribution is 5.97. The number of nitriles is 1. The highest BCUT2D eigenvalue weighted by atomic mass is 16.2. The second-order valence-electron chi connectivity index (χ2n) is 10.5. The zero-order valence-corrected chi connectivity index (χ0v) is 23.2. The summed E-state index contributed by atoms with van der Waals surface area (Å²) in [6.07, 6.45) is 2.81. The first-order valence-corrected chi connectivity index (χ1v) is 13.6.